The molecule has 0 aliphatic rings. The second-order valence-corrected chi connectivity index (χ2v) is 8.86. The van der Waals surface area contributed by atoms with E-state index in [2.05, 4.69) is 6.92 Å². The molecule has 0 aliphatic heterocycles. The van der Waals surface area contributed by atoms with Crippen LogP contribution in [-0.2, 0) is 16.5 Å². The normalized spacial score (nSPS) is 11.5. The molecule has 0 aromatic heterocycles. The largest absolute Gasteiger partial charge is 1.00 e. The van der Waals surface area contributed by atoms with Gasteiger partial charge in [0.25, 0.3) is 0 Å². The Balaban J connectivity index is 0.00000392. The van der Waals surface area contributed by atoms with Crippen molar-refractivity contribution in [2.45, 2.75) is 88.9 Å². The molecule has 2 aromatic carbocycles. The molecule has 0 unspecified atom stereocenters. The van der Waals surface area contributed by atoms with Gasteiger partial charge in [-0.3, -0.25) is 0 Å². The molecule has 0 aliphatic carbocycles. The Hall–Kier alpha value is 0.246. The van der Waals surface area contributed by atoms with E-state index >= 15 is 0 Å². The molecule has 3 nitrogen and oxygen atoms in total. The van der Waals surface area contributed by atoms with Gasteiger partial charge >= 0.3 is 51.4 Å². The van der Waals surface area contributed by atoms with Gasteiger partial charge in [0.15, 0.2) is 0 Å². The fourth-order valence-corrected chi connectivity index (χ4v) is 4.45. The summed E-state index contributed by atoms with van der Waals surface area (Å²) < 4.78 is 34.4. The van der Waals surface area contributed by atoms with E-state index in [0.717, 1.165) is 23.8 Å². The van der Waals surface area contributed by atoms with Gasteiger partial charge in [0.1, 0.15) is 10.1 Å². The molecule has 0 saturated carbocycles. The summed E-state index contributed by atoms with van der Waals surface area (Å²) in [5.41, 5.74) is 1.13. The van der Waals surface area contributed by atoms with E-state index in [1.807, 2.05) is 18.2 Å². The summed E-state index contributed by atoms with van der Waals surface area (Å²) in [5, 5.41) is 1.44. The van der Waals surface area contributed by atoms with Crippen molar-refractivity contribution in [1.29, 1.82) is 0 Å². The fraction of sp³-hybridized carbons (Fsp3) is 0.565. The van der Waals surface area contributed by atoms with E-state index in [-0.39, 0.29) is 56.3 Å². The van der Waals surface area contributed by atoms with Crippen LogP contribution in [-0.4, -0.2) is 13.0 Å². The zero-order valence-electron chi connectivity index (χ0n) is 17.6. The van der Waals surface area contributed by atoms with Crippen LogP contribution in [0.1, 0.15) is 83.1 Å². The molecule has 150 valence electrons. The molecule has 0 heterocycles. The molecule has 0 bridgehead atoms. The predicted octanol–water partition coefficient (Wildman–Crippen LogP) is 3.60. The monoisotopic (exact) mass is 428 g/mol. The van der Waals surface area contributed by atoms with E-state index < -0.39 is 10.1 Å². The van der Waals surface area contributed by atoms with E-state index in [1.54, 1.807) is 12.1 Å². The van der Waals surface area contributed by atoms with Crippen LogP contribution in [0.4, 0.5) is 0 Å². The van der Waals surface area contributed by atoms with Gasteiger partial charge in [-0.2, -0.15) is 0 Å². The minimum Gasteiger partial charge on any atom is -0.744 e. The topological polar surface area (TPSA) is 57.2 Å². The minimum atomic E-state index is -4.44. The van der Waals surface area contributed by atoms with Crippen molar-refractivity contribution in [3.63, 3.8) is 0 Å². The molecule has 2 rings (SSSR count). The Bertz CT molecular complexity index is 803. The van der Waals surface area contributed by atoms with Gasteiger partial charge in [0.05, 0.1) is 4.90 Å². The number of benzene rings is 2. The van der Waals surface area contributed by atoms with Crippen molar-refractivity contribution in [2.24, 2.45) is 0 Å². The summed E-state index contributed by atoms with van der Waals surface area (Å²) in [4.78, 5) is -0.110. The van der Waals surface area contributed by atoms with Crippen molar-refractivity contribution in [2.75, 3.05) is 0 Å². The van der Waals surface area contributed by atoms with Gasteiger partial charge in [-0.05, 0) is 35.2 Å². The number of hydrogen-bond donors (Lipinski definition) is 0. The summed E-state index contributed by atoms with van der Waals surface area (Å²) in [7, 11) is -4.44. The van der Waals surface area contributed by atoms with E-state index in [1.165, 1.54) is 70.3 Å². The Labute approximate surface area is 213 Å². The van der Waals surface area contributed by atoms with Crippen molar-refractivity contribution < 1.29 is 64.4 Å². The first-order valence-corrected chi connectivity index (χ1v) is 11.9. The van der Waals surface area contributed by atoms with Crippen LogP contribution in [0.2, 0.25) is 0 Å². The van der Waals surface area contributed by atoms with Crippen LogP contribution in [0, 0.1) is 0 Å². The molecule has 0 atom stereocenters. The molecule has 0 radical (unpaired) electrons. The zero-order chi connectivity index (χ0) is 19.5. The molecular formula is C23H33KO3S. The zero-order valence-corrected chi connectivity index (χ0v) is 21.5. The number of rotatable bonds is 13. The van der Waals surface area contributed by atoms with Gasteiger partial charge in [0, 0.05) is 0 Å². The van der Waals surface area contributed by atoms with Crippen LogP contribution in [0.15, 0.2) is 41.3 Å². The number of unbranched alkanes of at least 4 members (excludes halogenated alkanes) is 10. The molecule has 0 spiro atoms. The van der Waals surface area contributed by atoms with Gasteiger partial charge in [0.2, 0.25) is 0 Å². The van der Waals surface area contributed by atoms with Crippen molar-refractivity contribution in [3.8, 4) is 0 Å². The predicted molar refractivity (Wildman–Crippen MR) is 112 cm³/mol. The SMILES string of the molecule is CCCCCCCCCCCCCc1cccc2c(S(=O)(=O)[O-])cccc12.[K+]. The Morgan fingerprint density at radius 2 is 1.21 bits per heavy atom. The maximum atomic E-state index is 11.5. The third-order valence-corrected chi connectivity index (χ3v) is 6.19. The van der Waals surface area contributed by atoms with Crippen LogP contribution in [0.25, 0.3) is 10.8 Å². The van der Waals surface area contributed by atoms with Crippen LogP contribution >= 0.6 is 0 Å². The summed E-state index contributed by atoms with van der Waals surface area (Å²) in [6, 6.07) is 10.6. The summed E-state index contributed by atoms with van der Waals surface area (Å²) in [6.45, 7) is 2.25. The molecule has 5 heteroatoms. The van der Waals surface area contributed by atoms with E-state index in [4.69, 9.17) is 0 Å². The van der Waals surface area contributed by atoms with Gasteiger partial charge in [-0.25, -0.2) is 8.42 Å². The smallest absolute Gasteiger partial charge is 0.744 e. The summed E-state index contributed by atoms with van der Waals surface area (Å²) in [5.74, 6) is 0. The average Bonchev–Trinajstić information content (AvgIpc) is 2.65. The van der Waals surface area contributed by atoms with E-state index in [0.29, 0.717) is 5.39 Å². The third-order valence-electron chi connectivity index (χ3n) is 5.29. The second-order valence-electron chi connectivity index (χ2n) is 7.51. The Morgan fingerprint density at radius 3 is 1.79 bits per heavy atom. The van der Waals surface area contributed by atoms with Crippen LogP contribution in [0.3, 0.4) is 0 Å². The first kappa shape index (κ1) is 26.3. The quantitative estimate of drug-likeness (QED) is 0.278. The summed E-state index contributed by atoms with van der Waals surface area (Å²) >= 11 is 0. The minimum absolute atomic E-state index is 0. The number of aryl methyl sites for hydroxylation is 1. The molecule has 28 heavy (non-hydrogen) atoms. The van der Waals surface area contributed by atoms with Crippen LogP contribution < -0.4 is 51.4 Å². The molecule has 0 fully saturated rings. The molecular weight excluding hydrogens is 395 g/mol. The van der Waals surface area contributed by atoms with Crippen LogP contribution in [0.5, 0.6) is 0 Å². The van der Waals surface area contributed by atoms with Crippen molar-refractivity contribution >= 4 is 20.9 Å². The van der Waals surface area contributed by atoms with Crippen molar-refractivity contribution in [3.05, 3.63) is 42.0 Å². The molecule has 0 saturated heterocycles. The number of fused-ring (bicyclic) bond motifs is 1. The maximum absolute atomic E-state index is 11.5. The molecule has 2 aromatic rings. The number of hydrogen-bond acceptors (Lipinski definition) is 3. The first-order chi connectivity index (χ1) is 13.0. The van der Waals surface area contributed by atoms with Gasteiger partial charge < -0.3 is 4.55 Å². The Morgan fingerprint density at radius 1 is 0.714 bits per heavy atom. The summed E-state index contributed by atoms with van der Waals surface area (Å²) in [6.07, 6.45) is 15.3. The van der Waals surface area contributed by atoms with Gasteiger partial charge in [-0.15, -0.1) is 0 Å². The molecule has 0 amide bonds. The average molecular weight is 429 g/mol. The molecule has 0 N–H and O–H groups in total. The maximum Gasteiger partial charge on any atom is 1.00 e. The fourth-order valence-electron chi connectivity index (χ4n) is 3.76. The third kappa shape index (κ3) is 8.94. The second kappa shape index (κ2) is 14.3. The standard InChI is InChI=1S/C23H34O3S.K/c1-2-3-4-5-6-7-8-9-10-11-12-15-20-16-13-18-22-21(20)17-14-19-23(22)27(24,25)26;/h13-14,16-19H,2-12,15H2,1H3,(H,24,25,26);/q;+1/p-1. The van der Waals surface area contributed by atoms with Crippen molar-refractivity contribution in [1.82, 2.24) is 0 Å². The van der Waals surface area contributed by atoms with E-state index in [9.17, 15) is 13.0 Å². The Kier molecular flexibility index (Phi) is 13.4. The first-order valence-electron chi connectivity index (χ1n) is 10.5. The van der Waals surface area contributed by atoms with Gasteiger partial charge in [-0.1, -0.05) is 101 Å².